The highest BCUT2D eigenvalue weighted by Crippen LogP contribution is 2.51. The fraction of sp³-hybridized carbons (Fsp3) is 0.520. The fourth-order valence-corrected chi connectivity index (χ4v) is 13.5. The molecular weight excluding hydrogens is 1060 g/mol. The molecule has 2 aliphatic rings. The second kappa shape index (κ2) is 24.2. The summed E-state index contributed by atoms with van der Waals surface area (Å²) in [6, 6.07) is 28.6. The summed E-state index contributed by atoms with van der Waals surface area (Å²) in [7, 11) is 0. The van der Waals surface area contributed by atoms with Crippen molar-refractivity contribution in [3.05, 3.63) is 130 Å². The number of nitrogens with two attached hydrogens (primary N) is 1. The van der Waals surface area contributed by atoms with Crippen molar-refractivity contribution in [3.8, 4) is 50.9 Å². The van der Waals surface area contributed by atoms with E-state index >= 15 is 8.78 Å². The Kier molecular flexibility index (Phi) is 18.1. The van der Waals surface area contributed by atoms with Crippen LogP contribution in [0.2, 0.25) is 0 Å². The molecule has 2 aliphatic heterocycles. The zero-order valence-corrected chi connectivity index (χ0v) is 54.7. The summed E-state index contributed by atoms with van der Waals surface area (Å²) in [5, 5.41) is 2.28. The number of hydrogen-bond acceptors (Lipinski definition) is 7. The van der Waals surface area contributed by atoms with Gasteiger partial charge in [-0.2, -0.15) is 0 Å². The molecule has 0 amide bonds. The Balaban J connectivity index is 1.16. The smallest absolute Gasteiger partial charge is 0.199 e. The van der Waals surface area contributed by atoms with Crippen LogP contribution in [0.5, 0.6) is 23.0 Å². The van der Waals surface area contributed by atoms with Crippen LogP contribution in [0, 0.1) is 36.3 Å². The Hall–Kier alpha value is -6.10. The van der Waals surface area contributed by atoms with E-state index in [9.17, 15) is 0 Å². The van der Waals surface area contributed by atoms with Gasteiger partial charge < -0.3 is 38.7 Å². The van der Waals surface area contributed by atoms with Gasteiger partial charge >= 0.3 is 0 Å². The maximum atomic E-state index is 16.6. The maximum absolute atomic E-state index is 16.6. The second-order valence-electron chi connectivity index (χ2n) is 30.4. The Morgan fingerprint density at radius 1 is 0.482 bits per heavy atom. The molecule has 3 heterocycles. The second-order valence-corrected chi connectivity index (χ2v) is 30.4. The quantitative estimate of drug-likeness (QED) is 0.0718. The molecule has 10 heteroatoms. The number of nitrogens with zero attached hydrogens (tertiary/aromatic N) is 1. The molecule has 7 aromatic rings. The minimum absolute atomic E-state index is 0.0234. The standard InChI is InChI=1S/C75H98F2N2O6/c1-46-34-52(76)42-58(56-36-50(74(15,16)44-70(3,4)5)38-60(78)68(56)84-64-24-19-21-30-80-64)66(46)82-32-23-33-83-67-47(2)35-53(77)43-59(67)57-37-51(75(17,18)45-71(6,7)8)41-63(69(57)85-65-25-20-22-31-81-65)79-61-39-48(72(9,10)11)26-28-54(61)55-29-27-49(40-62(55)79)73(12,13)14/h26-29,34-43,64-65H,19-25,30-33,44-45,78H2,1-18H3. The largest absolute Gasteiger partial charge is 0.493 e. The van der Waals surface area contributed by atoms with Crippen molar-refractivity contribution in [2.24, 2.45) is 10.8 Å². The van der Waals surface area contributed by atoms with E-state index < -0.39 is 18.4 Å². The molecule has 0 radical (unpaired) electrons. The lowest BCUT2D eigenvalue weighted by molar-refractivity contribution is -0.105. The number of aryl methyl sites for hydroxylation is 2. The van der Waals surface area contributed by atoms with E-state index in [-0.39, 0.29) is 51.5 Å². The molecule has 0 spiro atoms. The predicted octanol–water partition coefficient (Wildman–Crippen LogP) is 20.3. The van der Waals surface area contributed by atoms with Crippen molar-refractivity contribution >= 4 is 27.5 Å². The van der Waals surface area contributed by atoms with Crippen LogP contribution in [-0.2, 0) is 31.1 Å². The van der Waals surface area contributed by atoms with E-state index in [1.807, 2.05) is 19.9 Å². The average molecular weight is 1160 g/mol. The van der Waals surface area contributed by atoms with Crippen molar-refractivity contribution < 1.29 is 37.2 Å². The highest BCUT2D eigenvalue weighted by atomic mass is 19.1. The third-order valence-electron chi connectivity index (χ3n) is 17.0. The molecule has 458 valence electrons. The summed E-state index contributed by atoms with van der Waals surface area (Å²) in [4.78, 5) is 0. The van der Waals surface area contributed by atoms with Gasteiger partial charge in [-0.1, -0.05) is 135 Å². The minimum atomic E-state index is -0.531. The molecule has 0 saturated carbocycles. The summed E-state index contributed by atoms with van der Waals surface area (Å²) in [5.41, 5.74) is 17.9. The first-order chi connectivity index (χ1) is 39.7. The summed E-state index contributed by atoms with van der Waals surface area (Å²) in [6.45, 7) is 41.6. The van der Waals surface area contributed by atoms with Crippen molar-refractivity contribution in [1.82, 2.24) is 4.57 Å². The third-order valence-corrected chi connectivity index (χ3v) is 17.0. The normalized spacial score (nSPS) is 16.8. The molecule has 1 aromatic heterocycles. The van der Waals surface area contributed by atoms with Crippen molar-refractivity contribution in [3.63, 3.8) is 0 Å². The molecule has 0 bridgehead atoms. The third kappa shape index (κ3) is 14.5. The van der Waals surface area contributed by atoms with E-state index in [1.54, 1.807) is 6.07 Å². The highest BCUT2D eigenvalue weighted by Gasteiger charge is 2.35. The van der Waals surface area contributed by atoms with Crippen LogP contribution in [0.15, 0.2) is 84.9 Å². The lowest BCUT2D eigenvalue weighted by Crippen LogP contribution is -2.27. The van der Waals surface area contributed by atoms with Crippen LogP contribution in [0.25, 0.3) is 49.7 Å². The molecule has 2 fully saturated rings. The molecule has 6 aromatic carbocycles. The van der Waals surface area contributed by atoms with Crippen LogP contribution < -0.4 is 24.7 Å². The Labute approximate surface area is 507 Å². The highest BCUT2D eigenvalue weighted by molar-refractivity contribution is 6.10. The number of nitrogen functional groups attached to an aromatic ring is 1. The van der Waals surface area contributed by atoms with E-state index in [2.05, 4.69) is 170 Å². The van der Waals surface area contributed by atoms with Gasteiger partial charge in [0, 0.05) is 52.3 Å². The van der Waals surface area contributed by atoms with Crippen molar-refractivity contribution in [1.29, 1.82) is 0 Å². The van der Waals surface area contributed by atoms with E-state index in [1.165, 1.54) is 29.3 Å². The number of ether oxygens (including phenoxy) is 6. The predicted molar refractivity (Wildman–Crippen MR) is 348 cm³/mol. The maximum Gasteiger partial charge on any atom is 0.199 e. The summed E-state index contributed by atoms with van der Waals surface area (Å²) < 4.78 is 75.2. The van der Waals surface area contributed by atoms with E-state index in [0.717, 1.165) is 89.1 Å². The van der Waals surface area contributed by atoms with Crippen molar-refractivity contribution in [2.75, 3.05) is 32.2 Å². The zero-order chi connectivity index (χ0) is 61.8. The molecule has 0 aliphatic carbocycles. The number of aromatic nitrogens is 1. The molecule has 2 N–H and O–H groups in total. The minimum Gasteiger partial charge on any atom is -0.493 e. The van der Waals surface area contributed by atoms with Crippen LogP contribution in [-0.4, -0.2) is 43.6 Å². The molecule has 2 atom stereocenters. The van der Waals surface area contributed by atoms with E-state index in [4.69, 9.17) is 34.2 Å². The molecule has 2 unspecified atom stereocenters. The molecule has 9 rings (SSSR count). The van der Waals surface area contributed by atoms with Gasteiger partial charge in [-0.25, -0.2) is 8.78 Å². The fourth-order valence-electron chi connectivity index (χ4n) is 13.5. The van der Waals surface area contributed by atoms with Gasteiger partial charge in [0.15, 0.2) is 24.1 Å². The van der Waals surface area contributed by atoms with Gasteiger partial charge in [-0.15, -0.1) is 0 Å². The SMILES string of the molecule is Cc1cc(F)cc(-c2cc(C(C)(C)CC(C)(C)C)cc(N)c2OC2CCCCO2)c1OCCCOc1c(C)cc(F)cc1-c1cc(C(C)(C)CC(C)(C)C)cc(-n2c3cc(C(C)(C)C)ccc3c3ccc(C(C)(C)C)cc32)c1OC1CCCCO1. The average Bonchev–Trinajstić information content (AvgIpc) is 2.06. The van der Waals surface area contributed by atoms with Crippen LogP contribution in [0.4, 0.5) is 14.5 Å². The van der Waals surface area contributed by atoms with Crippen LogP contribution in [0.3, 0.4) is 0 Å². The van der Waals surface area contributed by atoms with Gasteiger partial charge in [0.2, 0.25) is 0 Å². The summed E-state index contributed by atoms with van der Waals surface area (Å²) in [6.07, 6.45) is 6.47. The Bertz CT molecular complexity index is 3480. The molecule has 8 nitrogen and oxygen atoms in total. The Morgan fingerprint density at radius 2 is 0.894 bits per heavy atom. The van der Waals surface area contributed by atoms with Gasteiger partial charge in [-0.05, 0) is 179 Å². The van der Waals surface area contributed by atoms with Crippen LogP contribution >= 0.6 is 0 Å². The number of rotatable bonds is 17. The number of fused-ring (bicyclic) bond motifs is 3. The first kappa shape index (κ1) is 63.4. The number of benzene rings is 6. The first-order valence-corrected chi connectivity index (χ1v) is 31.3. The molecule has 2 saturated heterocycles. The van der Waals surface area contributed by atoms with Gasteiger partial charge in [0.25, 0.3) is 0 Å². The first-order valence-electron chi connectivity index (χ1n) is 31.3. The number of anilines is 1. The van der Waals surface area contributed by atoms with Gasteiger partial charge in [0.05, 0.1) is 48.8 Å². The molecule has 85 heavy (non-hydrogen) atoms. The topological polar surface area (TPSA) is 86.3 Å². The van der Waals surface area contributed by atoms with Gasteiger partial charge in [0.1, 0.15) is 23.1 Å². The molecular formula is C75H98F2N2O6. The van der Waals surface area contributed by atoms with Crippen LogP contribution in [0.1, 0.15) is 202 Å². The summed E-state index contributed by atoms with van der Waals surface area (Å²) in [5.74, 6) is 1.36. The van der Waals surface area contributed by atoms with Gasteiger partial charge in [-0.3, -0.25) is 0 Å². The lowest BCUT2D eigenvalue weighted by Gasteiger charge is -2.35. The number of hydrogen-bond donors (Lipinski definition) is 1. The summed E-state index contributed by atoms with van der Waals surface area (Å²) >= 11 is 0. The van der Waals surface area contributed by atoms with Crippen molar-refractivity contribution in [2.45, 2.75) is 217 Å². The zero-order valence-electron chi connectivity index (χ0n) is 54.7. The Morgan fingerprint density at radius 3 is 1.31 bits per heavy atom. The lowest BCUT2D eigenvalue weighted by atomic mass is 9.71. The monoisotopic (exact) mass is 1160 g/mol. The number of halogens is 2. The van der Waals surface area contributed by atoms with E-state index in [0.29, 0.717) is 82.6 Å².